The largest absolute Gasteiger partial charge is 0.369 e. The second-order valence-corrected chi connectivity index (χ2v) is 8.24. The van der Waals surface area contributed by atoms with Crippen molar-refractivity contribution in [3.8, 4) is 0 Å². The van der Waals surface area contributed by atoms with Gasteiger partial charge in [0.1, 0.15) is 11.9 Å². The second-order valence-electron chi connectivity index (χ2n) is 7.81. The van der Waals surface area contributed by atoms with E-state index < -0.39 is 41.4 Å². The zero-order valence-electron chi connectivity index (χ0n) is 17.9. The van der Waals surface area contributed by atoms with Crippen molar-refractivity contribution < 1.29 is 23.6 Å². The summed E-state index contributed by atoms with van der Waals surface area (Å²) in [6, 6.07) is 2.86. The Hall–Kier alpha value is -2.94. The number of nitrogens with zero attached hydrogens (tertiary/aromatic N) is 1. The molecule has 1 unspecified atom stereocenters. The Morgan fingerprint density at radius 3 is 2.56 bits per heavy atom. The fourth-order valence-electron chi connectivity index (χ4n) is 3.71. The van der Waals surface area contributed by atoms with E-state index in [0.29, 0.717) is 25.8 Å². The highest BCUT2D eigenvalue weighted by Gasteiger charge is 2.36. The number of carbonyl (C=O) groups is 4. The number of carbonyl (C=O) groups excluding carboxylic acids is 4. The first-order valence-corrected chi connectivity index (χ1v) is 10.8. The average Bonchev–Trinajstić information content (AvgIpc) is 3.13. The van der Waals surface area contributed by atoms with E-state index in [1.807, 2.05) is 6.92 Å². The van der Waals surface area contributed by atoms with Crippen LogP contribution in [0.1, 0.15) is 38.2 Å². The van der Waals surface area contributed by atoms with Gasteiger partial charge in [-0.05, 0) is 37.5 Å². The number of benzene rings is 1. The summed E-state index contributed by atoms with van der Waals surface area (Å²) in [7, 11) is 0. The van der Waals surface area contributed by atoms with Gasteiger partial charge < -0.3 is 21.7 Å². The first-order chi connectivity index (χ1) is 15.1. The Bertz CT molecular complexity index is 908. The van der Waals surface area contributed by atoms with Gasteiger partial charge in [0, 0.05) is 35.7 Å². The molecule has 3 atom stereocenters. The van der Waals surface area contributed by atoms with Crippen LogP contribution in [0.5, 0.6) is 0 Å². The Balaban J connectivity index is 2.34. The predicted octanol–water partition coefficient (Wildman–Crippen LogP) is 1.60. The fourth-order valence-corrected chi connectivity index (χ4v) is 3.87. The van der Waals surface area contributed by atoms with E-state index in [2.05, 4.69) is 5.32 Å². The molecule has 1 fully saturated rings. The highest BCUT2D eigenvalue weighted by Crippen LogP contribution is 2.22. The van der Waals surface area contributed by atoms with Crippen molar-refractivity contribution in [2.45, 2.75) is 38.6 Å². The van der Waals surface area contributed by atoms with Crippen LogP contribution < -0.4 is 16.8 Å². The molecule has 10 heteroatoms. The highest BCUT2D eigenvalue weighted by molar-refractivity contribution is 6.30. The third-order valence-corrected chi connectivity index (χ3v) is 5.72. The third kappa shape index (κ3) is 6.78. The van der Waals surface area contributed by atoms with Crippen LogP contribution >= 0.6 is 11.6 Å². The van der Waals surface area contributed by atoms with Crippen molar-refractivity contribution in [2.75, 3.05) is 13.1 Å². The molecule has 4 amide bonds. The van der Waals surface area contributed by atoms with Crippen molar-refractivity contribution in [2.24, 2.45) is 23.3 Å². The molecule has 0 saturated carbocycles. The molecule has 0 spiro atoms. The van der Waals surface area contributed by atoms with Crippen LogP contribution in [0.2, 0.25) is 5.02 Å². The molecule has 0 bridgehead atoms. The zero-order valence-corrected chi connectivity index (χ0v) is 18.6. The topological polar surface area (TPSA) is 136 Å². The van der Waals surface area contributed by atoms with Gasteiger partial charge in [0.2, 0.25) is 23.6 Å². The van der Waals surface area contributed by atoms with Crippen LogP contribution in [-0.4, -0.2) is 47.7 Å². The van der Waals surface area contributed by atoms with Crippen molar-refractivity contribution in [1.29, 1.82) is 0 Å². The molecule has 32 heavy (non-hydrogen) atoms. The maximum Gasteiger partial charge on any atom is 0.247 e. The molecule has 0 aliphatic carbocycles. The van der Waals surface area contributed by atoms with E-state index >= 15 is 0 Å². The lowest BCUT2D eigenvalue weighted by molar-refractivity contribution is -0.139. The van der Waals surface area contributed by atoms with Gasteiger partial charge in [0.15, 0.2) is 0 Å². The number of hydrogen-bond acceptors (Lipinski definition) is 4. The smallest absolute Gasteiger partial charge is 0.247 e. The summed E-state index contributed by atoms with van der Waals surface area (Å²) in [6.07, 6.45) is 3.91. The molecule has 2 rings (SSSR count). The van der Waals surface area contributed by atoms with Gasteiger partial charge in [-0.15, -0.1) is 0 Å². The molecule has 1 saturated heterocycles. The van der Waals surface area contributed by atoms with Gasteiger partial charge in [-0.1, -0.05) is 31.0 Å². The third-order valence-electron chi connectivity index (χ3n) is 5.48. The van der Waals surface area contributed by atoms with Crippen molar-refractivity contribution >= 4 is 41.3 Å². The number of halogens is 2. The summed E-state index contributed by atoms with van der Waals surface area (Å²) in [6.45, 7) is 2.19. The van der Waals surface area contributed by atoms with Crippen molar-refractivity contribution in [3.05, 3.63) is 40.7 Å². The average molecular weight is 467 g/mol. The van der Waals surface area contributed by atoms with E-state index in [0.717, 1.165) is 17.0 Å². The van der Waals surface area contributed by atoms with Gasteiger partial charge in [-0.2, -0.15) is 0 Å². The zero-order chi connectivity index (χ0) is 23.8. The molecule has 8 nitrogen and oxygen atoms in total. The maximum absolute atomic E-state index is 14.1. The molecular weight excluding hydrogens is 439 g/mol. The minimum absolute atomic E-state index is 0.0215. The maximum atomic E-state index is 14.1. The number of amides is 4. The van der Waals surface area contributed by atoms with Gasteiger partial charge in [0.05, 0.1) is 5.92 Å². The predicted molar refractivity (Wildman–Crippen MR) is 118 cm³/mol. The molecule has 1 aromatic rings. The van der Waals surface area contributed by atoms with Gasteiger partial charge in [0.25, 0.3) is 0 Å². The minimum atomic E-state index is -1.13. The summed E-state index contributed by atoms with van der Waals surface area (Å²) in [5.41, 5.74) is 11.2. The van der Waals surface area contributed by atoms with E-state index in [-0.39, 0.29) is 29.5 Å². The number of primary amides is 2. The second kappa shape index (κ2) is 11.6. The number of nitrogens with two attached hydrogens (primary N) is 2. The molecule has 1 aliphatic heterocycles. The number of nitrogens with one attached hydrogen (secondary N) is 1. The van der Waals surface area contributed by atoms with Crippen LogP contribution in [-0.2, 0) is 19.2 Å². The fraction of sp³-hybridized carbons (Fsp3) is 0.455. The lowest BCUT2D eigenvalue weighted by Crippen LogP contribution is -2.51. The van der Waals surface area contributed by atoms with Crippen LogP contribution in [0.15, 0.2) is 24.3 Å². The molecule has 0 radical (unpaired) electrons. The summed E-state index contributed by atoms with van der Waals surface area (Å²) >= 11 is 5.75. The lowest BCUT2D eigenvalue weighted by atomic mass is 9.94. The SMILES string of the molecule is CCCC(CN(C(=O)/C=C/c1ccc(Cl)cc1F)[C@@H](C[C@@H]1CCNC1=O)C(N)=O)C(N)=O. The Kier molecular flexibility index (Phi) is 9.19. The van der Waals surface area contributed by atoms with E-state index in [1.165, 1.54) is 18.2 Å². The molecule has 1 aliphatic rings. The van der Waals surface area contributed by atoms with E-state index in [1.54, 1.807) is 0 Å². The summed E-state index contributed by atoms with van der Waals surface area (Å²) in [5, 5.41) is 2.89. The molecular formula is C22H28ClFN4O4. The number of hydrogen-bond donors (Lipinski definition) is 3. The van der Waals surface area contributed by atoms with Gasteiger partial charge >= 0.3 is 0 Å². The van der Waals surface area contributed by atoms with Crippen LogP contribution in [0.25, 0.3) is 6.08 Å². The monoisotopic (exact) mass is 466 g/mol. The van der Waals surface area contributed by atoms with Crippen molar-refractivity contribution in [3.63, 3.8) is 0 Å². The highest BCUT2D eigenvalue weighted by atomic mass is 35.5. The van der Waals surface area contributed by atoms with Crippen LogP contribution in [0.4, 0.5) is 4.39 Å². The standard InChI is InChI=1S/C22H28ClFN4O4/c1-2-3-15(20(25)30)12-28(18(21(26)31)10-14-8-9-27-22(14)32)19(29)7-5-13-4-6-16(23)11-17(13)24/h4-7,11,14-15,18H,2-3,8-10,12H2,1H3,(H2,25,30)(H2,26,31)(H,27,32)/b7-5+/t14-,15?,18-/m0/s1. The molecule has 1 aromatic carbocycles. The van der Waals surface area contributed by atoms with Crippen LogP contribution in [0, 0.1) is 17.7 Å². The van der Waals surface area contributed by atoms with Crippen molar-refractivity contribution in [1.82, 2.24) is 10.2 Å². The normalized spacial score (nSPS) is 17.7. The number of rotatable bonds is 11. The summed E-state index contributed by atoms with van der Waals surface area (Å²) in [4.78, 5) is 50.5. The van der Waals surface area contributed by atoms with E-state index in [9.17, 15) is 23.6 Å². The Labute approximate surface area is 191 Å². The first kappa shape index (κ1) is 25.3. The Morgan fingerprint density at radius 1 is 1.31 bits per heavy atom. The van der Waals surface area contributed by atoms with Crippen LogP contribution in [0.3, 0.4) is 0 Å². The summed E-state index contributed by atoms with van der Waals surface area (Å²) < 4.78 is 14.1. The first-order valence-electron chi connectivity index (χ1n) is 10.4. The molecule has 5 N–H and O–H groups in total. The lowest BCUT2D eigenvalue weighted by Gasteiger charge is -2.32. The molecule has 0 aromatic heterocycles. The van der Waals surface area contributed by atoms with E-state index in [4.69, 9.17) is 23.1 Å². The van der Waals surface area contributed by atoms with Gasteiger partial charge in [-0.3, -0.25) is 19.2 Å². The molecule has 174 valence electrons. The molecule has 1 heterocycles. The quantitative estimate of drug-likeness (QED) is 0.427. The summed E-state index contributed by atoms with van der Waals surface area (Å²) in [5.74, 6) is -4.10. The Morgan fingerprint density at radius 2 is 2.03 bits per heavy atom. The van der Waals surface area contributed by atoms with Gasteiger partial charge in [-0.25, -0.2) is 4.39 Å². The minimum Gasteiger partial charge on any atom is -0.369 e.